The summed E-state index contributed by atoms with van der Waals surface area (Å²) >= 11 is 3.56. The van der Waals surface area contributed by atoms with Crippen LogP contribution in [0.25, 0.3) is 0 Å². The van der Waals surface area contributed by atoms with Gasteiger partial charge in [0.15, 0.2) is 0 Å². The first-order chi connectivity index (χ1) is 10.3. The number of rotatable bonds is 8. The lowest BCUT2D eigenvalue weighted by molar-refractivity contribution is 0.185. The maximum Gasteiger partial charge on any atom is 0.119 e. The summed E-state index contributed by atoms with van der Waals surface area (Å²) in [7, 11) is 1.71. The first-order valence-corrected chi connectivity index (χ1v) is 7.78. The van der Waals surface area contributed by atoms with E-state index in [1.807, 2.05) is 42.5 Å². The molecule has 0 spiro atoms. The second kappa shape index (κ2) is 8.70. The number of para-hydroxylation sites is 1. The molecular weight excluding hydrogens is 330 g/mol. The molecule has 0 unspecified atom stereocenters. The Labute approximate surface area is 134 Å². The van der Waals surface area contributed by atoms with Gasteiger partial charge >= 0.3 is 0 Å². The van der Waals surface area contributed by atoms with Gasteiger partial charge < -0.3 is 14.8 Å². The van der Waals surface area contributed by atoms with Gasteiger partial charge in [-0.25, -0.2) is 0 Å². The summed E-state index contributed by atoms with van der Waals surface area (Å²) in [4.78, 5) is 0. The molecule has 2 aromatic carbocycles. The molecule has 0 saturated carbocycles. The average Bonchev–Trinajstić information content (AvgIpc) is 2.51. The molecule has 4 heteroatoms. The van der Waals surface area contributed by atoms with Crippen LogP contribution >= 0.6 is 15.9 Å². The van der Waals surface area contributed by atoms with Crippen LogP contribution in [0.2, 0.25) is 0 Å². The highest BCUT2D eigenvalue weighted by Crippen LogP contribution is 2.25. The SMILES string of the molecule is COCc1c(Br)cccc1NCCCOc1ccccc1. The van der Waals surface area contributed by atoms with E-state index < -0.39 is 0 Å². The summed E-state index contributed by atoms with van der Waals surface area (Å²) in [5.41, 5.74) is 2.25. The number of anilines is 1. The van der Waals surface area contributed by atoms with E-state index in [2.05, 4.69) is 27.3 Å². The molecule has 2 aromatic rings. The third-order valence-corrected chi connectivity index (χ3v) is 3.80. The van der Waals surface area contributed by atoms with Gasteiger partial charge in [-0.15, -0.1) is 0 Å². The van der Waals surface area contributed by atoms with Crippen molar-refractivity contribution in [2.75, 3.05) is 25.6 Å². The Balaban J connectivity index is 1.77. The maximum absolute atomic E-state index is 5.67. The Hall–Kier alpha value is -1.52. The second-order valence-electron chi connectivity index (χ2n) is 4.64. The Morgan fingerprint density at radius 1 is 1.05 bits per heavy atom. The van der Waals surface area contributed by atoms with Crippen molar-refractivity contribution in [3.63, 3.8) is 0 Å². The third kappa shape index (κ3) is 5.06. The van der Waals surface area contributed by atoms with Gasteiger partial charge in [0.05, 0.1) is 13.2 Å². The molecule has 0 radical (unpaired) electrons. The number of hydrogen-bond donors (Lipinski definition) is 1. The van der Waals surface area contributed by atoms with E-state index in [-0.39, 0.29) is 0 Å². The quantitative estimate of drug-likeness (QED) is 0.713. The van der Waals surface area contributed by atoms with Crippen molar-refractivity contribution in [2.45, 2.75) is 13.0 Å². The van der Waals surface area contributed by atoms with Crippen molar-refractivity contribution in [3.8, 4) is 5.75 Å². The molecule has 3 nitrogen and oxygen atoms in total. The summed E-state index contributed by atoms with van der Waals surface area (Å²) in [6, 6.07) is 16.0. The molecule has 0 fully saturated rings. The van der Waals surface area contributed by atoms with Gasteiger partial charge in [-0.1, -0.05) is 40.2 Å². The van der Waals surface area contributed by atoms with Crippen LogP contribution in [-0.2, 0) is 11.3 Å². The molecule has 0 aromatic heterocycles. The minimum absolute atomic E-state index is 0.588. The lowest BCUT2D eigenvalue weighted by atomic mass is 10.2. The Morgan fingerprint density at radius 3 is 2.62 bits per heavy atom. The van der Waals surface area contributed by atoms with E-state index in [0.29, 0.717) is 13.2 Å². The monoisotopic (exact) mass is 349 g/mol. The number of ether oxygens (including phenoxy) is 2. The van der Waals surface area contributed by atoms with Crippen molar-refractivity contribution in [2.24, 2.45) is 0 Å². The smallest absolute Gasteiger partial charge is 0.119 e. The van der Waals surface area contributed by atoms with E-state index in [4.69, 9.17) is 9.47 Å². The largest absolute Gasteiger partial charge is 0.494 e. The van der Waals surface area contributed by atoms with E-state index in [0.717, 1.165) is 34.4 Å². The van der Waals surface area contributed by atoms with E-state index in [9.17, 15) is 0 Å². The van der Waals surface area contributed by atoms with Crippen molar-refractivity contribution in [1.82, 2.24) is 0 Å². The van der Waals surface area contributed by atoms with Crippen molar-refractivity contribution in [1.29, 1.82) is 0 Å². The zero-order valence-corrected chi connectivity index (χ0v) is 13.7. The molecule has 2 rings (SSSR count). The summed E-state index contributed by atoms with van der Waals surface area (Å²) in [6.07, 6.45) is 0.938. The standard InChI is InChI=1S/C17H20BrNO2/c1-20-13-15-16(18)9-5-10-17(15)19-11-6-12-21-14-7-3-2-4-8-14/h2-5,7-10,19H,6,11-13H2,1H3. The highest BCUT2D eigenvalue weighted by atomic mass is 79.9. The molecule has 0 bridgehead atoms. The molecule has 112 valence electrons. The minimum atomic E-state index is 0.588. The van der Waals surface area contributed by atoms with Crippen LogP contribution in [0.5, 0.6) is 5.75 Å². The van der Waals surface area contributed by atoms with Gasteiger partial charge in [0.1, 0.15) is 5.75 Å². The second-order valence-corrected chi connectivity index (χ2v) is 5.50. The van der Waals surface area contributed by atoms with Gasteiger partial charge in [-0.2, -0.15) is 0 Å². The van der Waals surface area contributed by atoms with Crippen molar-refractivity contribution >= 4 is 21.6 Å². The maximum atomic E-state index is 5.67. The summed E-state index contributed by atoms with van der Waals surface area (Å²) < 4.78 is 12.0. The Morgan fingerprint density at radius 2 is 1.86 bits per heavy atom. The van der Waals surface area contributed by atoms with E-state index in [1.165, 1.54) is 0 Å². The lowest BCUT2D eigenvalue weighted by Gasteiger charge is -2.13. The van der Waals surface area contributed by atoms with Crippen LogP contribution in [0.3, 0.4) is 0 Å². The van der Waals surface area contributed by atoms with Crippen LogP contribution in [0.4, 0.5) is 5.69 Å². The van der Waals surface area contributed by atoms with Crippen LogP contribution < -0.4 is 10.1 Å². The van der Waals surface area contributed by atoms with Gasteiger partial charge in [0.25, 0.3) is 0 Å². The zero-order chi connectivity index (χ0) is 14.9. The van der Waals surface area contributed by atoms with Gasteiger partial charge in [0, 0.05) is 29.4 Å². The minimum Gasteiger partial charge on any atom is -0.494 e. The molecule has 0 atom stereocenters. The van der Waals surface area contributed by atoms with E-state index >= 15 is 0 Å². The highest BCUT2D eigenvalue weighted by molar-refractivity contribution is 9.10. The van der Waals surface area contributed by atoms with E-state index in [1.54, 1.807) is 7.11 Å². The molecule has 0 amide bonds. The van der Waals surface area contributed by atoms with Crippen LogP contribution in [0.1, 0.15) is 12.0 Å². The van der Waals surface area contributed by atoms with Crippen LogP contribution in [-0.4, -0.2) is 20.3 Å². The Kier molecular flexibility index (Phi) is 6.57. The fourth-order valence-corrected chi connectivity index (χ4v) is 2.50. The zero-order valence-electron chi connectivity index (χ0n) is 12.1. The number of hydrogen-bond acceptors (Lipinski definition) is 3. The third-order valence-electron chi connectivity index (χ3n) is 3.06. The first kappa shape index (κ1) is 15.9. The summed E-state index contributed by atoms with van der Waals surface area (Å²) in [6.45, 7) is 2.15. The number of halogens is 1. The van der Waals surface area contributed by atoms with Crippen LogP contribution in [0, 0.1) is 0 Å². The molecule has 0 saturated heterocycles. The summed E-state index contributed by atoms with van der Waals surface area (Å²) in [5, 5.41) is 3.44. The topological polar surface area (TPSA) is 30.5 Å². The molecule has 0 aliphatic carbocycles. The number of benzene rings is 2. The number of methoxy groups -OCH3 is 1. The highest BCUT2D eigenvalue weighted by Gasteiger charge is 2.05. The molecule has 21 heavy (non-hydrogen) atoms. The normalized spacial score (nSPS) is 10.4. The fourth-order valence-electron chi connectivity index (χ4n) is 2.02. The van der Waals surface area contributed by atoms with Crippen molar-refractivity contribution < 1.29 is 9.47 Å². The predicted molar refractivity (Wildman–Crippen MR) is 89.9 cm³/mol. The lowest BCUT2D eigenvalue weighted by Crippen LogP contribution is -2.09. The fraction of sp³-hybridized carbons (Fsp3) is 0.294. The summed E-state index contributed by atoms with van der Waals surface area (Å²) in [5.74, 6) is 0.917. The van der Waals surface area contributed by atoms with Crippen molar-refractivity contribution in [3.05, 3.63) is 58.6 Å². The van der Waals surface area contributed by atoms with Gasteiger partial charge in [0.2, 0.25) is 0 Å². The van der Waals surface area contributed by atoms with Gasteiger partial charge in [-0.3, -0.25) is 0 Å². The Bertz CT molecular complexity index is 546. The van der Waals surface area contributed by atoms with Gasteiger partial charge in [-0.05, 0) is 30.7 Å². The van der Waals surface area contributed by atoms with Crippen LogP contribution in [0.15, 0.2) is 53.0 Å². The molecule has 0 heterocycles. The predicted octanol–water partition coefficient (Wildman–Crippen LogP) is 4.48. The molecular formula is C17H20BrNO2. The molecule has 0 aliphatic rings. The average molecular weight is 350 g/mol. The first-order valence-electron chi connectivity index (χ1n) is 6.99. The molecule has 0 aliphatic heterocycles. The number of nitrogens with one attached hydrogen (secondary N) is 1. The molecule has 1 N–H and O–H groups in total.